The summed E-state index contributed by atoms with van der Waals surface area (Å²) in [5.41, 5.74) is 2.18. The summed E-state index contributed by atoms with van der Waals surface area (Å²) in [6, 6.07) is 10.5. The van der Waals surface area contributed by atoms with Crippen molar-refractivity contribution >= 4 is 28.7 Å². The van der Waals surface area contributed by atoms with E-state index in [2.05, 4.69) is 4.98 Å². The third-order valence-electron chi connectivity index (χ3n) is 5.34. The van der Waals surface area contributed by atoms with Gasteiger partial charge in [-0.3, -0.25) is 9.59 Å². The number of aromatic nitrogens is 1. The Bertz CT molecular complexity index is 1140. The highest BCUT2D eigenvalue weighted by Gasteiger charge is 2.27. The van der Waals surface area contributed by atoms with E-state index < -0.39 is 5.82 Å². The van der Waals surface area contributed by atoms with Crippen LogP contribution in [0.1, 0.15) is 32.6 Å². The number of nitrogens with zero attached hydrogens (tertiary/aromatic N) is 3. The zero-order chi connectivity index (χ0) is 22.1. The minimum absolute atomic E-state index is 0.101. The van der Waals surface area contributed by atoms with Gasteiger partial charge in [0.05, 0.1) is 11.4 Å². The zero-order valence-electron chi connectivity index (χ0n) is 17.2. The summed E-state index contributed by atoms with van der Waals surface area (Å²) < 4.78 is 27.6. The highest BCUT2D eigenvalue weighted by atomic mass is 32.1. The van der Waals surface area contributed by atoms with Gasteiger partial charge in [-0.2, -0.15) is 0 Å². The fourth-order valence-electron chi connectivity index (χ4n) is 3.59. The largest absolute Gasteiger partial charge is 0.366 e. The van der Waals surface area contributed by atoms with Gasteiger partial charge in [-0.1, -0.05) is 0 Å². The maximum absolute atomic E-state index is 14.5. The molecule has 31 heavy (non-hydrogen) atoms. The minimum atomic E-state index is -0.435. The Morgan fingerprint density at radius 1 is 1.00 bits per heavy atom. The Labute approximate surface area is 182 Å². The number of carbonyl (C=O) groups excluding carboxylic acids is 2. The third-order valence-corrected chi connectivity index (χ3v) is 6.54. The van der Waals surface area contributed by atoms with Gasteiger partial charge in [0.2, 0.25) is 0 Å². The second kappa shape index (κ2) is 8.55. The number of benzene rings is 2. The van der Waals surface area contributed by atoms with Crippen molar-refractivity contribution in [1.82, 2.24) is 9.88 Å². The maximum atomic E-state index is 14.5. The highest BCUT2D eigenvalue weighted by molar-refractivity contribution is 7.17. The van der Waals surface area contributed by atoms with E-state index in [1.54, 1.807) is 36.1 Å². The average Bonchev–Trinajstić information content (AvgIpc) is 3.15. The van der Waals surface area contributed by atoms with Crippen LogP contribution in [0.5, 0.6) is 0 Å². The lowest BCUT2D eigenvalue weighted by molar-refractivity contribution is 0.0750. The summed E-state index contributed by atoms with van der Waals surface area (Å²) in [5.74, 6) is -1.04. The van der Waals surface area contributed by atoms with Crippen molar-refractivity contribution in [2.45, 2.75) is 13.8 Å². The molecule has 8 heteroatoms. The second-order valence-corrected chi connectivity index (χ2v) is 8.44. The monoisotopic (exact) mass is 441 g/mol. The predicted molar refractivity (Wildman–Crippen MR) is 117 cm³/mol. The van der Waals surface area contributed by atoms with Crippen LogP contribution in [0, 0.1) is 18.6 Å². The Hall–Kier alpha value is -3.13. The van der Waals surface area contributed by atoms with Gasteiger partial charge in [0, 0.05) is 37.3 Å². The number of piperazine rings is 1. The number of Topliss-reactive ketones (excluding diaryl/α,β-unsaturated/α-hetero) is 1. The first-order valence-corrected chi connectivity index (χ1v) is 10.7. The van der Waals surface area contributed by atoms with Crippen LogP contribution in [0.3, 0.4) is 0 Å². The molecule has 4 rings (SSSR count). The van der Waals surface area contributed by atoms with E-state index in [9.17, 15) is 18.4 Å². The van der Waals surface area contributed by atoms with Crippen molar-refractivity contribution in [1.29, 1.82) is 0 Å². The molecule has 0 radical (unpaired) electrons. The summed E-state index contributed by atoms with van der Waals surface area (Å²) in [5, 5.41) is 0.673. The van der Waals surface area contributed by atoms with Crippen LogP contribution in [0.4, 0.5) is 14.5 Å². The van der Waals surface area contributed by atoms with E-state index in [0.717, 1.165) is 5.56 Å². The fraction of sp³-hybridized carbons (Fsp3) is 0.261. The molecule has 1 fully saturated rings. The molecule has 3 aromatic rings. The number of amides is 1. The molecule has 2 aromatic carbocycles. The van der Waals surface area contributed by atoms with Gasteiger partial charge in [-0.25, -0.2) is 13.8 Å². The Kier molecular flexibility index (Phi) is 5.82. The summed E-state index contributed by atoms with van der Waals surface area (Å²) >= 11 is 1.29. The zero-order valence-corrected chi connectivity index (χ0v) is 18.0. The molecule has 0 N–H and O–H groups in total. The predicted octanol–water partition coefficient (Wildman–Crippen LogP) is 4.56. The lowest BCUT2D eigenvalue weighted by Gasteiger charge is -2.36. The van der Waals surface area contributed by atoms with E-state index in [1.165, 1.54) is 36.5 Å². The van der Waals surface area contributed by atoms with E-state index in [1.807, 2.05) is 4.90 Å². The molecule has 0 aliphatic carbocycles. The number of aryl methyl sites for hydroxylation is 1. The van der Waals surface area contributed by atoms with Crippen LogP contribution >= 0.6 is 11.3 Å². The molecule has 1 aromatic heterocycles. The number of hydrogen-bond acceptors (Lipinski definition) is 5. The van der Waals surface area contributed by atoms with Gasteiger partial charge in [0.25, 0.3) is 5.91 Å². The molecule has 0 spiro atoms. The average molecular weight is 442 g/mol. The van der Waals surface area contributed by atoms with Crippen LogP contribution in [-0.2, 0) is 0 Å². The molecule has 1 amide bonds. The lowest BCUT2D eigenvalue weighted by Crippen LogP contribution is -2.49. The number of rotatable bonds is 4. The molecule has 5 nitrogen and oxygen atoms in total. The standard InChI is InChI=1S/C23H21F2N3O2S/c1-14-21(31-22(26-14)16-3-6-18(24)7-4-16)23(30)28-11-9-27(10-12-28)20-8-5-17(15(2)29)13-19(20)25/h3-8,13H,9-12H2,1-2H3. The summed E-state index contributed by atoms with van der Waals surface area (Å²) in [6.07, 6.45) is 0. The van der Waals surface area contributed by atoms with E-state index >= 15 is 0 Å². The van der Waals surface area contributed by atoms with Crippen LogP contribution in [0.25, 0.3) is 10.6 Å². The van der Waals surface area contributed by atoms with Crippen LogP contribution in [-0.4, -0.2) is 47.8 Å². The number of thiazole rings is 1. The van der Waals surface area contributed by atoms with Crippen LogP contribution < -0.4 is 4.90 Å². The number of anilines is 1. The van der Waals surface area contributed by atoms with E-state index in [4.69, 9.17) is 0 Å². The molecule has 0 atom stereocenters. The molecule has 2 heterocycles. The van der Waals surface area contributed by atoms with Crippen molar-refractivity contribution in [3.05, 3.63) is 70.2 Å². The summed E-state index contributed by atoms with van der Waals surface area (Å²) in [6.45, 7) is 5.09. The van der Waals surface area contributed by atoms with Crippen LogP contribution in [0.15, 0.2) is 42.5 Å². The number of hydrogen-bond donors (Lipinski definition) is 0. The summed E-state index contributed by atoms with van der Waals surface area (Å²) in [7, 11) is 0. The SMILES string of the molecule is CC(=O)c1ccc(N2CCN(C(=O)c3sc(-c4ccc(F)cc4)nc3C)CC2)c(F)c1. The van der Waals surface area contributed by atoms with Crippen molar-refractivity contribution in [2.24, 2.45) is 0 Å². The second-order valence-electron chi connectivity index (χ2n) is 7.44. The molecular formula is C23H21F2N3O2S. The molecular weight excluding hydrogens is 420 g/mol. The van der Waals surface area contributed by atoms with Crippen molar-refractivity contribution in [3.8, 4) is 10.6 Å². The topological polar surface area (TPSA) is 53.5 Å². The summed E-state index contributed by atoms with van der Waals surface area (Å²) in [4.78, 5) is 33.2. The first-order chi connectivity index (χ1) is 14.8. The molecule has 1 aliphatic heterocycles. The maximum Gasteiger partial charge on any atom is 0.265 e. The van der Waals surface area contributed by atoms with E-state index in [0.29, 0.717) is 53.0 Å². The number of carbonyl (C=O) groups is 2. The van der Waals surface area contributed by atoms with Crippen molar-refractivity contribution in [2.75, 3.05) is 31.1 Å². The van der Waals surface area contributed by atoms with Gasteiger partial charge in [-0.05, 0) is 56.3 Å². The lowest BCUT2D eigenvalue weighted by atomic mass is 10.1. The smallest absolute Gasteiger partial charge is 0.265 e. The first-order valence-electron chi connectivity index (χ1n) is 9.91. The highest BCUT2D eigenvalue weighted by Crippen LogP contribution is 2.30. The van der Waals surface area contributed by atoms with Gasteiger partial charge in [0.1, 0.15) is 21.5 Å². The Balaban J connectivity index is 1.45. The van der Waals surface area contributed by atoms with Gasteiger partial charge < -0.3 is 9.80 Å². The fourth-order valence-corrected chi connectivity index (χ4v) is 4.63. The molecule has 1 saturated heterocycles. The molecule has 0 bridgehead atoms. The van der Waals surface area contributed by atoms with Crippen LogP contribution in [0.2, 0.25) is 0 Å². The number of ketones is 1. The van der Waals surface area contributed by atoms with Gasteiger partial charge in [-0.15, -0.1) is 11.3 Å². The molecule has 0 unspecified atom stereocenters. The Morgan fingerprint density at radius 2 is 1.68 bits per heavy atom. The molecule has 160 valence electrons. The van der Waals surface area contributed by atoms with Gasteiger partial charge >= 0.3 is 0 Å². The Morgan fingerprint density at radius 3 is 2.29 bits per heavy atom. The van der Waals surface area contributed by atoms with Gasteiger partial charge in [0.15, 0.2) is 5.78 Å². The minimum Gasteiger partial charge on any atom is -0.366 e. The first kappa shape index (κ1) is 21.1. The van der Waals surface area contributed by atoms with E-state index in [-0.39, 0.29) is 17.5 Å². The van der Waals surface area contributed by atoms with Crippen molar-refractivity contribution in [3.63, 3.8) is 0 Å². The number of halogens is 2. The van der Waals surface area contributed by atoms with Crippen molar-refractivity contribution < 1.29 is 18.4 Å². The third kappa shape index (κ3) is 4.34. The molecule has 1 aliphatic rings. The normalized spacial score (nSPS) is 14.1. The quantitative estimate of drug-likeness (QED) is 0.557. The molecule has 0 saturated carbocycles.